The van der Waals surface area contributed by atoms with Crippen molar-refractivity contribution in [1.82, 2.24) is 0 Å². The van der Waals surface area contributed by atoms with Crippen LogP contribution in [0.5, 0.6) is 0 Å². The van der Waals surface area contributed by atoms with Crippen LogP contribution in [0.1, 0.15) is 27.2 Å². The van der Waals surface area contributed by atoms with Crippen molar-refractivity contribution in [1.29, 1.82) is 0 Å². The van der Waals surface area contributed by atoms with Gasteiger partial charge in [-0.3, -0.25) is 9.35 Å². The van der Waals surface area contributed by atoms with E-state index in [4.69, 9.17) is 19.1 Å². The molecule has 2 N–H and O–H groups in total. The van der Waals surface area contributed by atoms with Crippen LogP contribution in [0.15, 0.2) is 24.3 Å². The normalized spacial score (nSPS) is 13.1. The maximum atomic E-state index is 11.1. The van der Waals surface area contributed by atoms with E-state index < -0.39 is 33.4 Å². The van der Waals surface area contributed by atoms with E-state index >= 15 is 0 Å². The summed E-state index contributed by atoms with van der Waals surface area (Å²) in [5, 5.41) is 9.10. The molecular weight excluding hydrogens is 391 g/mol. The number of carbonyl (C=O) groups excluding carboxylic acids is 2. The molecule has 0 aliphatic rings. The fourth-order valence-electron chi connectivity index (χ4n) is 1.18. The molecule has 0 bridgehead atoms. The summed E-state index contributed by atoms with van der Waals surface area (Å²) < 4.78 is 37.0. The second kappa shape index (κ2) is 15.8. The molecule has 150 valence electrons. The fourth-order valence-corrected chi connectivity index (χ4v) is 1.54. The standard InChI is InChI=1S/C13H18O6.C3H7O3S.Na/c1-4-6-10(14)18-8-13(3,12(16)17)9-19-11(15)7-5-2;1-2-3-7(4,5)6;/h4-7H,8-9H2,1-3H3,(H,16,17);1-3H2,(H,4,5,6);/q;-1;+1. The second-order valence-corrected chi connectivity index (χ2v) is 6.79. The first kappa shape index (κ1) is 30.5. The van der Waals surface area contributed by atoms with Crippen molar-refractivity contribution in [3.8, 4) is 0 Å². The summed E-state index contributed by atoms with van der Waals surface area (Å²) in [6.07, 6.45) is 5.53. The molecule has 0 spiro atoms. The van der Waals surface area contributed by atoms with Crippen LogP contribution < -0.4 is 29.6 Å². The molecule has 0 saturated carbocycles. The van der Waals surface area contributed by atoms with E-state index in [0.717, 1.165) is 0 Å². The molecule has 0 aromatic rings. The zero-order chi connectivity index (χ0) is 20.8. The first-order chi connectivity index (χ1) is 11.9. The molecule has 0 aliphatic carbocycles. The van der Waals surface area contributed by atoms with Crippen LogP contribution in [0.3, 0.4) is 0 Å². The molecule has 0 amide bonds. The third kappa shape index (κ3) is 17.9. The first-order valence-electron chi connectivity index (χ1n) is 7.48. The van der Waals surface area contributed by atoms with Gasteiger partial charge in [-0.05, 0) is 20.8 Å². The molecule has 9 nitrogen and oxygen atoms in total. The van der Waals surface area contributed by atoms with E-state index in [1.54, 1.807) is 13.8 Å². The number of allylic oxidation sites excluding steroid dienone is 2. The van der Waals surface area contributed by atoms with Gasteiger partial charge in [-0.25, -0.2) is 9.59 Å². The van der Waals surface area contributed by atoms with Gasteiger partial charge in [0.05, 0.1) is 0 Å². The molecule has 0 unspecified atom stereocenters. The van der Waals surface area contributed by atoms with E-state index in [1.807, 2.05) is 0 Å². The number of aliphatic carboxylic acids is 1. The fraction of sp³-hybridized carbons (Fsp3) is 0.500. The Balaban J connectivity index is -0.000000612. The van der Waals surface area contributed by atoms with Crippen molar-refractivity contribution in [2.24, 2.45) is 5.41 Å². The predicted molar refractivity (Wildman–Crippen MR) is 93.7 cm³/mol. The summed E-state index contributed by atoms with van der Waals surface area (Å²) in [5.41, 5.74) is -1.48. The van der Waals surface area contributed by atoms with Gasteiger partial charge in [0, 0.05) is 17.9 Å². The molecule has 0 fully saturated rings. The second-order valence-electron chi connectivity index (χ2n) is 5.22. The van der Waals surface area contributed by atoms with E-state index in [9.17, 15) is 22.8 Å². The molecule has 0 radical (unpaired) electrons. The van der Waals surface area contributed by atoms with Gasteiger partial charge >= 0.3 is 47.5 Å². The van der Waals surface area contributed by atoms with E-state index in [2.05, 4.69) is 6.92 Å². The van der Waals surface area contributed by atoms with Gasteiger partial charge in [0.15, 0.2) is 0 Å². The van der Waals surface area contributed by atoms with Gasteiger partial charge < -0.3 is 21.5 Å². The number of esters is 2. The molecule has 11 heteroatoms. The maximum absolute atomic E-state index is 11.1. The minimum atomic E-state index is -3.74. The number of hydrogen-bond acceptors (Lipinski definition) is 7. The molecule has 0 saturated heterocycles. The van der Waals surface area contributed by atoms with Crippen molar-refractivity contribution in [3.05, 3.63) is 31.2 Å². The zero-order valence-corrected chi connectivity index (χ0v) is 18.8. The Morgan fingerprint density at radius 2 is 1.41 bits per heavy atom. The topological polar surface area (TPSA) is 144 Å². The van der Waals surface area contributed by atoms with Crippen molar-refractivity contribution >= 4 is 28.0 Å². The van der Waals surface area contributed by atoms with Crippen LogP contribution in [0.4, 0.5) is 0 Å². The largest absolute Gasteiger partial charge is 1.00 e. The van der Waals surface area contributed by atoms with Gasteiger partial charge in [0.1, 0.15) is 18.6 Å². The van der Waals surface area contributed by atoms with Crippen molar-refractivity contribution in [2.75, 3.05) is 19.0 Å². The minimum Gasteiger partial charge on any atom is -0.481 e. The number of hydrogen-bond donors (Lipinski definition) is 2. The van der Waals surface area contributed by atoms with Crippen molar-refractivity contribution < 1.29 is 71.5 Å². The smallest absolute Gasteiger partial charge is 0.481 e. The van der Waals surface area contributed by atoms with Gasteiger partial charge in [-0.2, -0.15) is 14.8 Å². The predicted octanol–water partition coefficient (Wildman–Crippen LogP) is -1.58. The molecule has 0 heterocycles. The summed E-state index contributed by atoms with van der Waals surface area (Å²) in [6.45, 7) is 7.08. The Morgan fingerprint density at radius 1 is 1.04 bits per heavy atom. The van der Waals surface area contributed by atoms with Gasteiger partial charge in [-0.1, -0.05) is 12.2 Å². The van der Waals surface area contributed by atoms with Crippen LogP contribution in [0.2, 0.25) is 0 Å². The third-order valence-electron chi connectivity index (χ3n) is 2.59. The van der Waals surface area contributed by atoms with Gasteiger partial charge in [0.25, 0.3) is 10.1 Å². The van der Waals surface area contributed by atoms with Crippen LogP contribution in [-0.2, 0) is 34.0 Å². The molecular formula is C16H25NaO9S. The van der Waals surface area contributed by atoms with Crippen molar-refractivity contribution in [2.45, 2.75) is 27.2 Å². The Morgan fingerprint density at radius 3 is 1.59 bits per heavy atom. The molecule has 0 aromatic heterocycles. The Bertz CT molecular complexity index is 596. The SMILES string of the molecule is CC=CC(=O)OCC(C)(COC(=O)C=CC)C(=O)O.[CH2-]CCS(=O)(=O)O.[Na+]. The third-order valence-corrected chi connectivity index (χ3v) is 3.39. The van der Waals surface area contributed by atoms with Crippen LogP contribution in [0.25, 0.3) is 0 Å². The Labute approximate surface area is 181 Å². The summed E-state index contributed by atoms with van der Waals surface area (Å²) in [5.74, 6) is -2.74. The summed E-state index contributed by atoms with van der Waals surface area (Å²) in [4.78, 5) is 33.4. The molecule has 0 rings (SSSR count). The average Bonchev–Trinajstić information content (AvgIpc) is 2.51. The van der Waals surface area contributed by atoms with Crippen molar-refractivity contribution in [3.63, 3.8) is 0 Å². The monoisotopic (exact) mass is 416 g/mol. The average molecular weight is 416 g/mol. The van der Waals surface area contributed by atoms with Crippen LogP contribution in [-0.4, -0.2) is 55.0 Å². The van der Waals surface area contributed by atoms with Crippen LogP contribution >= 0.6 is 0 Å². The maximum Gasteiger partial charge on any atom is 1.00 e. The number of rotatable bonds is 9. The minimum absolute atomic E-state index is 0. The van der Waals surface area contributed by atoms with Crippen LogP contribution in [0, 0.1) is 12.3 Å². The zero-order valence-electron chi connectivity index (χ0n) is 16.0. The van der Waals surface area contributed by atoms with E-state index in [1.165, 1.54) is 31.2 Å². The van der Waals surface area contributed by atoms with E-state index in [-0.39, 0.29) is 54.9 Å². The number of ether oxygens (including phenoxy) is 2. The van der Waals surface area contributed by atoms with Gasteiger partial charge in [0.2, 0.25) is 0 Å². The Hall–Kier alpha value is -1.20. The quantitative estimate of drug-likeness (QED) is 0.150. The number of carboxylic acid groups (broad SMARTS) is 1. The number of carbonyl (C=O) groups is 3. The molecule has 0 aromatic carbocycles. The molecule has 0 atom stereocenters. The first-order valence-corrected chi connectivity index (χ1v) is 9.09. The van der Waals surface area contributed by atoms with Gasteiger partial charge in [-0.15, -0.1) is 0 Å². The summed E-state index contributed by atoms with van der Waals surface area (Å²) in [6, 6.07) is 0. The summed E-state index contributed by atoms with van der Waals surface area (Å²) in [7, 11) is -3.74. The van der Waals surface area contributed by atoms with E-state index in [0.29, 0.717) is 0 Å². The Kier molecular flexibility index (Phi) is 17.9. The summed E-state index contributed by atoms with van der Waals surface area (Å²) >= 11 is 0. The molecule has 0 aliphatic heterocycles. The number of carboxylic acids is 1. The molecule has 27 heavy (non-hydrogen) atoms.